The summed E-state index contributed by atoms with van der Waals surface area (Å²) in [6.45, 7) is 1.88. The van der Waals surface area contributed by atoms with Crippen molar-refractivity contribution in [1.29, 1.82) is 0 Å². The fourth-order valence-electron chi connectivity index (χ4n) is 2.92. The van der Waals surface area contributed by atoms with Crippen LogP contribution in [0.25, 0.3) is 0 Å². The normalized spacial score (nSPS) is 19.1. The maximum Gasteiger partial charge on any atom is 0.0596 e. The van der Waals surface area contributed by atoms with Gasteiger partial charge in [0.25, 0.3) is 0 Å². The number of likely N-dealkylation sites (N-methyl/N-ethyl adjacent to an activating group) is 1. The van der Waals surface area contributed by atoms with Crippen LogP contribution in [0.1, 0.15) is 22.6 Å². The first kappa shape index (κ1) is 12.1. The van der Waals surface area contributed by atoms with Crippen LogP contribution in [0.5, 0.6) is 0 Å². The molecule has 0 saturated carbocycles. The SMILES string of the molecule is CN1Cc2c(ccc(N)c2N)C(c2ccccc2)C1. The Morgan fingerprint density at radius 2 is 1.79 bits per heavy atom. The van der Waals surface area contributed by atoms with Crippen molar-refractivity contribution in [3.8, 4) is 0 Å². The third-order valence-corrected chi connectivity index (χ3v) is 3.93. The van der Waals surface area contributed by atoms with Crippen molar-refractivity contribution in [2.24, 2.45) is 0 Å². The highest BCUT2D eigenvalue weighted by Crippen LogP contribution is 2.37. The van der Waals surface area contributed by atoms with Gasteiger partial charge in [0.15, 0.2) is 0 Å². The monoisotopic (exact) mass is 253 g/mol. The van der Waals surface area contributed by atoms with Crippen LogP contribution in [0.4, 0.5) is 11.4 Å². The number of benzene rings is 2. The Labute approximate surface area is 113 Å². The third kappa shape index (κ3) is 2.06. The smallest absolute Gasteiger partial charge is 0.0596 e. The van der Waals surface area contributed by atoms with Crippen LogP contribution >= 0.6 is 0 Å². The number of hydrogen-bond acceptors (Lipinski definition) is 3. The average molecular weight is 253 g/mol. The van der Waals surface area contributed by atoms with E-state index in [2.05, 4.69) is 42.3 Å². The van der Waals surface area contributed by atoms with Crippen LogP contribution < -0.4 is 11.5 Å². The van der Waals surface area contributed by atoms with E-state index < -0.39 is 0 Å². The average Bonchev–Trinajstić information content (AvgIpc) is 2.44. The minimum Gasteiger partial charge on any atom is -0.397 e. The first-order chi connectivity index (χ1) is 9.16. The van der Waals surface area contributed by atoms with E-state index in [-0.39, 0.29) is 0 Å². The van der Waals surface area contributed by atoms with Crippen molar-refractivity contribution in [1.82, 2.24) is 4.90 Å². The van der Waals surface area contributed by atoms with E-state index in [9.17, 15) is 0 Å². The number of nitrogens with zero attached hydrogens (tertiary/aromatic N) is 1. The van der Waals surface area contributed by atoms with Crippen molar-refractivity contribution >= 4 is 11.4 Å². The Balaban J connectivity index is 2.13. The molecular weight excluding hydrogens is 234 g/mol. The summed E-state index contributed by atoms with van der Waals surface area (Å²) in [6.07, 6.45) is 0. The fraction of sp³-hybridized carbons (Fsp3) is 0.250. The van der Waals surface area contributed by atoms with Gasteiger partial charge in [-0.05, 0) is 29.8 Å². The van der Waals surface area contributed by atoms with Gasteiger partial charge in [-0.2, -0.15) is 0 Å². The minimum absolute atomic E-state index is 0.373. The molecule has 98 valence electrons. The van der Waals surface area contributed by atoms with Crippen LogP contribution in [-0.2, 0) is 6.54 Å². The molecule has 3 heteroatoms. The lowest BCUT2D eigenvalue weighted by atomic mass is 9.84. The largest absolute Gasteiger partial charge is 0.397 e. The van der Waals surface area contributed by atoms with Crippen molar-refractivity contribution in [3.05, 3.63) is 59.2 Å². The summed E-state index contributed by atoms with van der Waals surface area (Å²) in [7, 11) is 2.13. The third-order valence-electron chi connectivity index (χ3n) is 3.93. The predicted molar refractivity (Wildman–Crippen MR) is 79.9 cm³/mol. The minimum atomic E-state index is 0.373. The van der Waals surface area contributed by atoms with Crippen LogP contribution in [0.15, 0.2) is 42.5 Å². The molecule has 3 nitrogen and oxygen atoms in total. The van der Waals surface area contributed by atoms with Gasteiger partial charge in [-0.25, -0.2) is 0 Å². The van der Waals surface area contributed by atoms with E-state index in [1.807, 2.05) is 12.1 Å². The highest BCUT2D eigenvalue weighted by molar-refractivity contribution is 5.70. The topological polar surface area (TPSA) is 55.3 Å². The zero-order valence-corrected chi connectivity index (χ0v) is 11.1. The van der Waals surface area contributed by atoms with E-state index in [4.69, 9.17) is 11.5 Å². The Hall–Kier alpha value is -2.00. The number of nitrogen functional groups attached to an aromatic ring is 2. The highest BCUT2D eigenvalue weighted by atomic mass is 15.1. The molecule has 0 amide bonds. The maximum atomic E-state index is 6.15. The Kier molecular flexibility index (Phi) is 2.91. The standard InChI is InChI=1S/C16H19N3/c1-19-9-13(11-5-3-2-4-6-11)12-7-8-15(17)16(18)14(12)10-19/h2-8,13H,9-10,17-18H2,1H3. The first-order valence-electron chi connectivity index (χ1n) is 6.57. The Bertz CT molecular complexity index is 592. The molecule has 19 heavy (non-hydrogen) atoms. The molecule has 0 aromatic heterocycles. The zero-order chi connectivity index (χ0) is 13.4. The van der Waals surface area contributed by atoms with Crippen molar-refractivity contribution in [2.75, 3.05) is 25.1 Å². The lowest BCUT2D eigenvalue weighted by molar-refractivity contribution is 0.296. The van der Waals surface area contributed by atoms with Gasteiger partial charge in [0, 0.05) is 19.0 Å². The molecule has 2 aromatic carbocycles. The summed E-state index contributed by atoms with van der Waals surface area (Å²) in [6, 6.07) is 14.6. The molecule has 1 aliphatic heterocycles. The second-order valence-electron chi connectivity index (χ2n) is 5.30. The van der Waals surface area contributed by atoms with Gasteiger partial charge < -0.3 is 16.4 Å². The summed E-state index contributed by atoms with van der Waals surface area (Å²) in [4.78, 5) is 2.30. The van der Waals surface area contributed by atoms with Crippen LogP contribution in [0, 0.1) is 0 Å². The lowest BCUT2D eigenvalue weighted by Crippen LogP contribution is -2.31. The Morgan fingerprint density at radius 1 is 1.05 bits per heavy atom. The molecule has 3 rings (SSSR count). The molecule has 1 unspecified atom stereocenters. The molecule has 0 aliphatic carbocycles. The molecule has 0 saturated heterocycles. The molecule has 1 heterocycles. The van der Waals surface area contributed by atoms with Crippen molar-refractivity contribution < 1.29 is 0 Å². The van der Waals surface area contributed by atoms with E-state index >= 15 is 0 Å². The molecule has 1 atom stereocenters. The van der Waals surface area contributed by atoms with Crippen LogP contribution in [-0.4, -0.2) is 18.5 Å². The second-order valence-corrected chi connectivity index (χ2v) is 5.30. The van der Waals surface area contributed by atoms with Gasteiger partial charge in [0.05, 0.1) is 11.4 Å². The Morgan fingerprint density at radius 3 is 2.53 bits per heavy atom. The highest BCUT2D eigenvalue weighted by Gasteiger charge is 2.26. The molecule has 0 bridgehead atoms. The van der Waals surface area contributed by atoms with Gasteiger partial charge in [-0.15, -0.1) is 0 Å². The molecule has 4 N–H and O–H groups in total. The molecule has 1 aliphatic rings. The van der Waals surface area contributed by atoms with Gasteiger partial charge >= 0.3 is 0 Å². The summed E-state index contributed by atoms with van der Waals surface area (Å²) in [5.41, 5.74) is 17.3. The number of nitrogens with two attached hydrogens (primary N) is 2. The lowest BCUT2D eigenvalue weighted by Gasteiger charge is -2.33. The van der Waals surface area contributed by atoms with Crippen LogP contribution in [0.2, 0.25) is 0 Å². The van der Waals surface area contributed by atoms with E-state index in [1.165, 1.54) is 16.7 Å². The number of anilines is 2. The van der Waals surface area contributed by atoms with E-state index in [0.29, 0.717) is 11.6 Å². The molecule has 0 radical (unpaired) electrons. The van der Waals surface area contributed by atoms with E-state index in [0.717, 1.165) is 18.8 Å². The predicted octanol–water partition coefficient (Wildman–Crippen LogP) is 2.43. The summed E-state index contributed by atoms with van der Waals surface area (Å²) >= 11 is 0. The first-order valence-corrected chi connectivity index (χ1v) is 6.57. The van der Waals surface area contributed by atoms with Gasteiger partial charge in [0.2, 0.25) is 0 Å². The maximum absolute atomic E-state index is 6.15. The molecule has 0 spiro atoms. The fourth-order valence-corrected chi connectivity index (χ4v) is 2.92. The zero-order valence-electron chi connectivity index (χ0n) is 11.1. The number of rotatable bonds is 1. The molecule has 0 fully saturated rings. The molecular formula is C16H19N3. The summed E-state index contributed by atoms with van der Waals surface area (Å²) in [5, 5.41) is 0. The summed E-state index contributed by atoms with van der Waals surface area (Å²) < 4.78 is 0. The van der Waals surface area contributed by atoms with Crippen LogP contribution in [0.3, 0.4) is 0 Å². The second kappa shape index (κ2) is 4.59. The van der Waals surface area contributed by atoms with Gasteiger partial charge in [0.1, 0.15) is 0 Å². The van der Waals surface area contributed by atoms with Gasteiger partial charge in [-0.3, -0.25) is 0 Å². The summed E-state index contributed by atoms with van der Waals surface area (Å²) in [5.74, 6) is 0.373. The number of hydrogen-bond donors (Lipinski definition) is 2. The van der Waals surface area contributed by atoms with E-state index in [1.54, 1.807) is 0 Å². The number of fused-ring (bicyclic) bond motifs is 1. The quantitative estimate of drug-likeness (QED) is 0.767. The van der Waals surface area contributed by atoms with Crippen molar-refractivity contribution in [3.63, 3.8) is 0 Å². The van der Waals surface area contributed by atoms with Gasteiger partial charge in [-0.1, -0.05) is 36.4 Å². The molecule has 2 aromatic rings. The van der Waals surface area contributed by atoms with Crippen molar-refractivity contribution in [2.45, 2.75) is 12.5 Å².